The number of aryl methyl sites for hydroxylation is 2. The number of benzene rings is 2. The fraction of sp³-hybridized carbons (Fsp3) is 0.333. The second kappa shape index (κ2) is 6.87. The summed E-state index contributed by atoms with van der Waals surface area (Å²) in [6, 6.07) is 15.0. The quantitative estimate of drug-likeness (QED) is 0.822. The molecule has 0 radical (unpaired) electrons. The summed E-state index contributed by atoms with van der Waals surface area (Å²) in [4.78, 5) is 1.23. The highest BCUT2D eigenvalue weighted by Crippen LogP contribution is 2.24. The molecule has 0 amide bonds. The van der Waals surface area contributed by atoms with Gasteiger partial charge in [-0.1, -0.05) is 29.8 Å². The van der Waals surface area contributed by atoms with Crippen LogP contribution in [-0.2, 0) is 19.3 Å². The Bertz CT molecular complexity index is 609. The zero-order chi connectivity index (χ0) is 14.7. The topological polar surface area (TPSA) is 26.0 Å². The second-order valence-electron chi connectivity index (χ2n) is 5.69. The Morgan fingerprint density at radius 2 is 1.81 bits per heavy atom. The lowest BCUT2D eigenvalue weighted by Gasteiger charge is -2.12. The van der Waals surface area contributed by atoms with Crippen molar-refractivity contribution in [3.05, 3.63) is 64.2 Å². The normalized spacial score (nSPS) is 15.0. The number of hydrogen-bond donors (Lipinski definition) is 1. The van der Waals surface area contributed by atoms with Crippen molar-refractivity contribution in [2.45, 2.75) is 36.6 Å². The first kappa shape index (κ1) is 15.0. The van der Waals surface area contributed by atoms with Crippen LogP contribution in [0.5, 0.6) is 0 Å². The zero-order valence-corrected chi connectivity index (χ0v) is 13.6. The van der Waals surface area contributed by atoms with Gasteiger partial charge < -0.3 is 5.73 Å². The molecular formula is C18H20ClNS. The Labute approximate surface area is 135 Å². The largest absolute Gasteiger partial charge is 0.327 e. The summed E-state index contributed by atoms with van der Waals surface area (Å²) in [5.74, 6) is 0.929. The molecule has 0 aliphatic heterocycles. The fourth-order valence-corrected chi connectivity index (χ4v) is 3.83. The molecule has 1 unspecified atom stereocenters. The highest BCUT2D eigenvalue weighted by Gasteiger charge is 2.12. The molecule has 0 bridgehead atoms. The van der Waals surface area contributed by atoms with Gasteiger partial charge in [0.05, 0.1) is 0 Å². The fourth-order valence-electron chi connectivity index (χ4n) is 2.85. The summed E-state index contributed by atoms with van der Waals surface area (Å²) in [6.45, 7) is 0. The Morgan fingerprint density at radius 1 is 1.05 bits per heavy atom. The molecule has 0 fully saturated rings. The molecule has 0 saturated carbocycles. The summed E-state index contributed by atoms with van der Waals surface area (Å²) in [5.41, 5.74) is 10.7. The van der Waals surface area contributed by atoms with E-state index in [1.807, 2.05) is 12.1 Å². The molecule has 2 aromatic carbocycles. The lowest BCUT2D eigenvalue weighted by molar-refractivity contribution is 0.748. The maximum Gasteiger partial charge on any atom is 0.0406 e. The van der Waals surface area contributed by atoms with Gasteiger partial charge in [0.2, 0.25) is 0 Å². The minimum absolute atomic E-state index is 0.185. The van der Waals surface area contributed by atoms with Gasteiger partial charge in [-0.3, -0.25) is 0 Å². The van der Waals surface area contributed by atoms with Gasteiger partial charge in [-0.05, 0) is 66.6 Å². The van der Waals surface area contributed by atoms with E-state index in [9.17, 15) is 0 Å². The van der Waals surface area contributed by atoms with Crippen LogP contribution in [0.4, 0.5) is 0 Å². The van der Waals surface area contributed by atoms with Crippen LogP contribution in [0.1, 0.15) is 23.1 Å². The van der Waals surface area contributed by atoms with E-state index in [-0.39, 0.29) is 6.04 Å². The Balaban J connectivity index is 1.54. The van der Waals surface area contributed by atoms with Gasteiger partial charge in [0.15, 0.2) is 0 Å². The molecule has 21 heavy (non-hydrogen) atoms. The summed E-state index contributed by atoms with van der Waals surface area (Å²) in [6.07, 6.45) is 4.73. The van der Waals surface area contributed by atoms with E-state index in [4.69, 9.17) is 17.3 Å². The van der Waals surface area contributed by atoms with Crippen LogP contribution in [0, 0.1) is 0 Å². The third-order valence-electron chi connectivity index (χ3n) is 3.94. The average molecular weight is 318 g/mol. The average Bonchev–Trinajstić information content (AvgIpc) is 2.94. The van der Waals surface area contributed by atoms with Crippen molar-refractivity contribution in [2.75, 3.05) is 5.75 Å². The molecule has 3 heteroatoms. The number of hydrogen-bond acceptors (Lipinski definition) is 2. The van der Waals surface area contributed by atoms with Crippen molar-refractivity contribution in [3.63, 3.8) is 0 Å². The molecule has 2 aromatic rings. The number of halogens is 1. The van der Waals surface area contributed by atoms with Gasteiger partial charge in [0, 0.05) is 21.7 Å². The van der Waals surface area contributed by atoms with Crippen LogP contribution in [-0.4, -0.2) is 11.8 Å². The maximum atomic E-state index is 6.28. The Morgan fingerprint density at radius 3 is 2.62 bits per heavy atom. The van der Waals surface area contributed by atoms with E-state index in [0.29, 0.717) is 0 Å². The van der Waals surface area contributed by atoms with Crippen molar-refractivity contribution in [3.8, 4) is 0 Å². The molecule has 0 aromatic heterocycles. The molecule has 0 saturated heterocycles. The van der Waals surface area contributed by atoms with Crippen LogP contribution in [0.25, 0.3) is 0 Å². The van der Waals surface area contributed by atoms with Crippen LogP contribution < -0.4 is 5.73 Å². The Hall–Kier alpha value is -0.960. The highest BCUT2D eigenvalue weighted by molar-refractivity contribution is 7.99. The van der Waals surface area contributed by atoms with E-state index >= 15 is 0 Å². The molecule has 1 aliphatic rings. The molecule has 3 rings (SSSR count). The number of nitrogens with two attached hydrogens (primary N) is 1. The molecule has 1 aliphatic carbocycles. The van der Waals surface area contributed by atoms with Crippen molar-refractivity contribution in [1.29, 1.82) is 0 Å². The van der Waals surface area contributed by atoms with Crippen molar-refractivity contribution in [2.24, 2.45) is 5.73 Å². The SMILES string of the molecule is NC(CSc1ccc(Cl)cc1)Cc1ccc2c(c1)CCC2. The van der Waals surface area contributed by atoms with Crippen LogP contribution in [0.3, 0.4) is 0 Å². The maximum absolute atomic E-state index is 6.28. The van der Waals surface area contributed by atoms with Gasteiger partial charge in [0.1, 0.15) is 0 Å². The molecule has 1 atom stereocenters. The number of rotatable bonds is 5. The van der Waals surface area contributed by atoms with Gasteiger partial charge in [0.25, 0.3) is 0 Å². The van der Waals surface area contributed by atoms with Crippen molar-refractivity contribution in [1.82, 2.24) is 0 Å². The molecule has 2 N–H and O–H groups in total. The first-order valence-electron chi connectivity index (χ1n) is 7.45. The van der Waals surface area contributed by atoms with E-state index in [1.54, 1.807) is 11.8 Å². The third-order valence-corrected chi connectivity index (χ3v) is 5.39. The highest BCUT2D eigenvalue weighted by atomic mass is 35.5. The lowest BCUT2D eigenvalue weighted by atomic mass is 10.0. The number of fused-ring (bicyclic) bond motifs is 1. The molecular weight excluding hydrogens is 298 g/mol. The predicted molar refractivity (Wildman–Crippen MR) is 92.3 cm³/mol. The summed E-state index contributed by atoms with van der Waals surface area (Å²) < 4.78 is 0. The standard InChI is InChI=1S/C18H20ClNS/c19-16-6-8-18(9-7-16)21-12-17(20)11-13-4-5-14-2-1-3-15(14)10-13/h4-10,17H,1-3,11-12,20H2. The zero-order valence-electron chi connectivity index (χ0n) is 12.0. The second-order valence-corrected chi connectivity index (χ2v) is 7.22. The van der Waals surface area contributed by atoms with Crippen LogP contribution in [0.2, 0.25) is 5.02 Å². The molecule has 0 heterocycles. The van der Waals surface area contributed by atoms with E-state index in [2.05, 4.69) is 30.3 Å². The number of thioether (sulfide) groups is 1. The van der Waals surface area contributed by atoms with E-state index in [0.717, 1.165) is 17.2 Å². The minimum atomic E-state index is 0.185. The van der Waals surface area contributed by atoms with E-state index < -0.39 is 0 Å². The Kier molecular flexibility index (Phi) is 4.89. The van der Waals surface area contributed by atoms with Crippen molar-refractivity contribution >= 4 is 23.4 Å². The third kappa shape index (κ3) is 4.03. The lowest BCUT2D eigenvalue weighted by Crippen LogP contribution is -2.25. The van der Waals surface area contributed by atoms with Crippen LogP contribution in [0.15, 0.2) is 47.4 Å². The smallest absolute Gasteiger partial charge is 0.0406 e. The van der Waals surface area contributed by atoms with Gasteiger partial charge in [-0.15, -0.1) is 11.8 Å². The summed E-state index contributed by atoms with van der Waals surface area (Å²) >= 11 is 7.69. The molecule has 110 valence electrons. The van der Waals surface area contributed by atoms with Gasteiger partial charge in [-0.25, -0.2) is 0 Å². The summed E-state index contributed by atoms with van der Waals surface area (Å²) in [7, 11) is 0. The first-order valence-corrected chi connectivity index (χ1v) is 8.82. The van der Waals surface area contributed by atoms with Crippen molar-refractivity contribution < 1.29 is 0 Å². The molecule has 1 nitrogen and oxygen atoms in total. The first-order chi connectivity index (χ1) is 10.2. The van der Waals surface area contributed by atoms with Crippen LogP contribution >= 0.6 is 23.4 Å². The summed E-state index contributed by atoms with van der Waals surface area (Å²) in [5, 5.41) is 0.779. The predicted octanol–water partition coefficient (Wildman–Crippen LogP) is 4.49. The molecule has 0 spiro atoms. The van der Waals surface area contributed by atoms with Gasteiger partial charge in [-0.2, -0.15) is 0 Å². The minimum Gasteiger partial charge on any atom is -0.327 e. The monoisotopic (exact) mass is 317 g/mol. The van der Waals surface area contributed by atoms with Gasteiger partial charge >= 0.3 is 0 Å². The van der Waals surface area contributed by atoms with E-state index in [1.165, 1.54) is 40.8 Å².